The average molecular weight is 691 g/mol. The van der Waals surface area contributed by atoms with Crippen molar-refractivity contribution in [3.8, 4) is 0 Å². The van der Waals surface area contributed by atoms with Crippen LogP contribution < -0.4 is 10.4 Å². The first-order valence-electron chi connectivity index (χ1n) is 17.8. The van der Waals surface area contributed by atoms with Crippen molar-refractivity contribution in [2.45, 2.75) is 115 Å². The van der Waals surface area contributed by atoms with Gasteiger partial charge in [-0.2, -0.15) is 0 Å². The largest absolute Gasteiger partial charge is 0.206 e. The molecular formula is C47H60F2Si. The second-order valence-corrected chi connectivity index (χ2v) is 20.0. The van der Waals surface area contributed by atoms with Crippen molar-refractivity contribution in [3.05, 3.63) is 162 Å². The molecule has 5 aromatic rings. The third-order valence-corrected chi connectivity index (χ3v) is 14.9. The van der Waals surface area contributed by atoms with E-state index in [1.165, 1.54) is 66.0 Å². The summed E-state index contributed by atoms with van der Waals surface area (Å²) in [5.74, 6) is -0.571. The SMILES string of the molecule is Cc1c(C)c(F)c(C)c(C)c1F.Cc1ccc(C(C)(C)c2ccc(C)c(C)c2)cc1C.Cc1ccc([Si](C)(C)c2ccc(C)c(C)c2)cc1C. The second-order valence-electron chi connectivity index (χ2n) is 15.6. The van der Waals surface area contributed by atoms with Gasteiger partial charge in [0, 0.05) is 5.41 Å². The summed E-state index contributed by atoms with van der Waals surface area (Å²) in [6.45, 7) is 33.4. The summed E-state index contributed by atoms with van der Waals surface area (Å²) >= 11 is 0. The van der Waals surface area contributed by atoms with Crippen LogP contribution in [0.1, 0.15) is 91.7 Å². The minimum atomic E-state index is -1.56. The van der Waals surface area contributed by atoms with Crippen molar-refractivity contribution in [2.75, 3.05) is 0 Å². The van der Waals surface area contributed by atoms with E-state index in [0.717, 1.165) is 0 Å². The number of hydrogen-bond donors (Lipinski definition) is 0. The molecule has 0 nitrogen and oxygen atoms in total. The average Bonchev–Trinajstić information content (AvgIpc) is 3.07. The maximum absolute atomic E-state index is 13.3. The Morgan fingerprint density at radius 3 is 0.900 bits per heavy atom. The van der Waals surface area contributed by atoms with Crippen LogP contribution in [0.15, 0.2) is 72.8 Å². The molecule has 0 aromatic heterocycles. The monoisotopic (exact) mass is 690 g/mol. The minimum absolute atomic E-state index is 0.0525. The molecule has 0 heterocycles. The molecular weight excluding hydrogens is 631 g/mol. The van der Waals surface area contributed by atoms with Gasteiger partial charge in [0.25, 0.3) is 0 Å². The molecule has 3 heteroatoms. The lowest BCUT2D eigenvalue weighted by atomic mass is 9.76. The van der Waals surface area contributed by atoms with Crippen LogP contribution >= 0.6 is 0 Å². The van der Waals surface area contributed by atoms with Gasteiger partial charge in [-0.3, -0.25) is 0 Å². The Morgan fingerprint density at radius 2 is 0.640 bits per heavy atom. The van der Waals surface area contributed by atoms with Crippen LogP contribution in [0.5, 0.6) is 0 Å². The molecule has 0 aliphatic rings. The number of benzene rings is 5. The molecule has 5 rings (SSSR count). The minimum Gasteiger partial charge on any atom is -0.206 e. The summed E-state index contributed by atoms with van der Waals surface area (Å²) in [5.41, 5.74) is 15.5. The summed E-state index contributed by atoms with van der Waals surface area (Å²) in [6, 6.07) is 27.6. The maximum atomic E-state index is 13.3. The van der Waals surface area contributed by atoms with Gasteiger partial charge in [0.15, 0.2) is 0 Å². The topological polar surface area (TPSA) is 0 Å². The van der Waals surface area contributed by atoms with Gasteiger partial charge in [0.05, 0.1) is 0 Å². The first kappa shape index (κ1) is 40.6. The highest BCUT2D eigenvalue weighted by atomic mass is 28.3. The van der Waals surface area contributed by atoms with Gasteiger partial charge in [-0.05, 0) is 161 Å². The van der Waals surface area contributed by atoms with Crippen LogP contribution in [0, 0.1) is 94.7 Å². The molecule has 0 fully saturated rings. The van der Waals surface area contributed by atoms with E-state index in [-0.39, 0.29) is 17.0 Å². The lowest BCUT2D eigenvalue weighted by molar-refractivity contribution is 0.569. The van der Waals surface area contributed by atoms with Gasteiger partial charge in [0.1, 0.15) is 19.7 Å². The Labute approximate surface area is 304 Å². The molecule has 5 aromatic carbocycles. The van der Waals surface area contributed by atoms with Crippen LogP contribution in [0.4, 0.5) is 8.78 Å². The van der Waals surface area contributed by atoms with Crippen molar-refractivity contribution in [1.82, 2.24) is 0 Å². The van der Waals surface area contributed by atoms with Gasteiger partial charge >= 0.3 is 0 Å². The quantitative estimate of drug-likeness (QED) is 0.165. The summed E-state index contributed by atoms with van der Waals surface area (Å²) in [4.78, 5) is 0. The van der Waals surface area contributed by atoms with Gasteiger partial charge in [-0.25, -0.2) is 8.78 Å². The summed E-state index contributed by atoms with van der Waals surface area (Å²) in [7, 11) is -1.56. The van der Waals surface area contributed by atoms with E-state index in [0.29, 0.717) is 22.3 Å². The number of halogens is 2. The van der Waals surface area contributed by atoms with Gasteiger partial charge < -0.3 is 0 Å². The molecule has 0 bridgehead atoms. The fourth-order valence-corrected chi connectivity index (χ4v) is 8.56. The van der Waals surface area contributed by atoms with E-state index in [9.17, 15) is 8.78 Å². The molecule has 0 aliphatic carbocycles. The predicted molar refractivity (Wildman–Crippen MR) is 218 cm³/mol. The van der Waals surface area contributed by atoms with Crippen molar-refractivity contribution in [3.63, 3.8) is 0 Å². The molecule has 0 radical (unpaired) electrons. The summed E-state index contributed by atoms with van der Waals surface area (Å²) in [6.07, 6.45) is 0. The number of hydrogen-bond acceptors (Lipinski definition) is 0. The Balaban J connectivity index is 0.000000209. The third kappa shape index (κ3) is 8.90. The molecule has 0 saturated heterocycles. The molecule has 266 valence electrons. The molecule has 0 N–H and O–H groups in total. The zero-order chi connectivity index (χ0) is 37.9. The zero-order valence-corrected chi connectivity index (χ0v) is 34.7. The van der Waals surface area contributed by atoms with Gasteiger partial charge in [-0.1, -0.05) is 110 Å². The van der Waals surface area contributed by atoms with Crippen LogP contribution in [0.3, 0.4) is 0 Å². The van der Waals surface area contributed by atoms with Crippen molar-refractivity contribution in [1.29, 1.82) is 0 Å². The highest BCUT2D eigenvalue weighted by Crippen LogP contribution is 2.33. The molecule has 0 amide bonds. The van der Waals surface area contributed by atoms with Crippen molar-refractivity contribution < 1.29 is 8.78 Å². The Kier molecular flexibility index (Phi) is 13.0. The van der Waals surface area contributed by atoms with E-state index in [2.05, 4.69) is 155 Å². The Hall–Kier alpha value is -3.82. The van der Waals surface area contributed by atoms with Gasteiger partial charge in [-0.15, -0.1) is 0 Å². The van der Waals surface area contributed by atoms with Crippen LogP contribution in [-0.2, 0) is 5.41 Å². The highest BCUT2D eigenvalue weighted by molar-refractivity contribution is 7.00. The normalized spacial score (nSPS) is 11.4. The first-order valence-corrected chi connectivity index (χ1v) is 20.8. The zero-order valence-electron chi connectivity index (χ0n) is 33.7. The fourth-order valence-electron chi connectivity index (χ4n) is 6.08. The lowest BCUT2D eigenvalue weighted by Crippen LogP contribution is -2.53. The third-order valence-electron chi connectivity index (χ3n) is 11.4. The van der Waals surface area contributed by atoms with Crippen molar-refractivity contribution >= 4 is 18.4 Å². The molecule has 0 saturated carbocycles. The Morgan fingerprint density at radius 1 is 0.380 bits per heavy atom. The molecule has 0 unspecified atom stereocenters. The molecule has 0 spiro atoms. The second kappa shape index (κ2) is 16.0. The van der Waals surface area contributed by atoms with E-state index in [1.807, 2.05) is 0 Å². The number of aryl methyl sites for hydroxylation is 8. The smallest absolute Gasteiger partial charge is 0.129 e. The summed E-state index contributed by atoms with van der Waals surface area (Å²) < 4.78 is 26.5. The fraction of sp³-hybridized carbons (Fsp3) is 0.362. The number of rotatable bonds is 4. The molecule has 0 aliphatic heterocycles. The van der Waals surface area contributed by atoms with E-state index >= 15 is 0 Å². The summed E-state index contributed by atoms with van der Waals surface area (Å²) in [5, 5.41) is 3.05. The van der Waals surface area contributed by atoms with Crippen molar-refractivity contribution in [2.24, 2.45) is 0 Å². The molecule has 0 atom stereocenters. The van der Waals surface area contributed by atoms with E-state index in [4.69, 9.17) is 0 Å². The highest BCUT2D eigenvalue weighted by Gasteiger charge is 2.27. The van der Waals surface area contributed by atoms with E-state index in [1.54, 1.807) is 27.7 Å². The van der Waals surface area contributed by atoms with Crippen LogP contribution in [0.25, 0.3) is 0 Å². The lowest BCUT2D eigenvalue weighted by Gasteiger charge is -2.27. The van der Waals surface area contributed by atoms with Crippen LogP contribution in [0.2, 0.25) is 13.1 Å². The van der Waals surface area contributed by atoms with Crippen LogP contribution in [-0.4, -0.2) is 8.07 Å². The predicted octanol–water partition coefficient (Wildman–Crippen LogP) is 12.2. The standard InChI is InChI=1S/C19H24.C18H24Si.C10H12F2/c2*1-13-7-9-17(11-15(13)3)19(5,6)18-10-8-14(2)16(4)12-18;1-5-6(2)10(12)8(4)7(3)9(5)11/h2*7-12H,1-6H3;1-4H3. The maximum Gasteiger partial charge on any atom is 0.129 e. The first-order chi connectivity index (χ1) is 23.1. The Bertz CT molecular complexity index is 1670. The van der Waals surface area contributed by atoms with E-state index < -0.39 is 8.07 Å². The molecule has 50 heavy (non-hydrogen) atoms. The van der Waals surface area contributed by atoms with Gasteiger partial charge in [0.2, 0.25) is 0 Å².